The minimum atomic E-state index is -2.16. The number of hydrogen-bond donors (Lipinski definition) is 1. The summed E-state index contributed by atoms with van der Waals surface area (Å²) in [5, 5.41) is 20.6. The van der Waals surface area contributed by atoms with Crippen LogP contribution in [0.3, 0.4) is 0 Å². The molecule has 43 heavy (non-hydrogen) atoms. The van der Waals surface area contributed by atoms with E-state index < -0.39 is 46.6 Å². The van der Waals surface area contributed by atoms with Gasteiger partial charge in [0.2, 0.25) is 0 Å². The SMILES string of the molecule is C=C1CCN([C@H](C)[C@@](Cn2cncn2)(O[C@H](C)[C@](O)(Cn2cncn2)c2ccc(F)cc2F)c2ccc(F)cc2F)CC1. The molecule has 1 aliphatic heterocycles. The fourth-order valence-electron chi connectivity index (χ4n) is 5.80. The molecule has 0 bridgehead atoms. The van der Waals surface area contributed by atoms with Gasteiger partial charge >= 0.3 is 0 Å². The number of rotatable bonds is 11. The fourth-order valence-corrected chi connectivity index (χ4v) is 5.80. The van der Waals surface area contributed by atoms with E-state index in [1.54, 1.807) is 0 Å². The summed E-state index contributed by atoms with van der Waals surface area (Å²) in [7, 11) is 0. The topological polar surface area (TPSA) is 94.1 Å². The van der Waals surface area contributed by atoms with Crippen LogP contribution in [0, 0.1) is 23.3 Å². The highest BCUT2D eigenvalue weighted by Gasteiger charge is 2.50. The van der Waals surface area contributed by atoms with E-state index >= 15 is 8.78 Å². The Morgan fingerprint density at radius 1 is 0.860 bits per heavy atom. The molecular weight excluding hydrogens is 566 g/mol. The van der Waals surface area contributed by atoms with Crippen LogP contribution >= 0.6 is 0 Å². The van der Waals surface area contributed by atoms with Crippen molar-refractivity contribution in [2.75, 3.05) is 13.1 Å². The third-order valence-corrected chi connectivity index (χ3v) is 8.30. The van der Waals surface area contributed by atoms with Crippen molar-refractivity contribution in [3.8, 4) is 0 Å². The molecule has 1 fully saturated rings. The average molecular weight is 600 g/mol. The van der Waals surface area contributed by atoms with Gasteiger partial charge in [-0.3, -0.25) is 4.90 Å². The molecule has 228 valence electrons. The van der Waals surface area contributed by atoms with Gasteiger partial charge in [0, 0.05) is 42.4 Å². The maximum Gasteiger partial charge on any atom is 0.138 e. The molecule has 3 heterocycles. The maximum atomic E-state index is 15.9. The van der Waals surface area contributed by atoms with Crippen molar-refractivity contribution in [2.45, 2.75) is 63.1 Å². The number of benzene rings is 2. The molecule has 9 nitrogen and oxygen atoms in total. The van der Waals surface area contributed by atoms with Crippen LogP contribution in [-0.2, 0) is 29.0 Å². The van der Waals surface area contributed by atoms with Gasteiger partial charge in [-0.25, -0.2) is 36.9 Å². The standard InChI is InChI=1S/C30H33F4N7O2/c1-20-8-10-39(11-9-20)21(2)30(15-41-19-36-17-38-41,26-7-5-24(32)13-28(26)34)43-22(3)29(42,14-40-18-35-16-37-40)25-6-4-23(31)12-27(25)33/h4-7,12-13,16-19,21-22,42H,1,8-11,14-15H2,2-3H3/t21-,22-,29-,30-/m1/s1. The quantitative estimate of drug-likeness (QED) is 0.202. The summed E-state index contributed by atoms with van der Waals surface area (Å²) in [6.07, 6.45) is 5.49. The van der Waals surface area contributed by atoms with E-state index in [9.17, 15) is 13.9 Å². The van der Waals surface area contributed by atoms with Gasteiger partial charge in [-0.05, 0) is 38.8 Å². The minimum Gasteiger partial charge on any atom is -0.380 e. The van der Waals surface area contributed by atoms with Gasteiger partial charge in [-0.2, -0.15) is 10.2 Å². The zero-order chi connectivity index (χ0) is 30.8. The number of aliphatic hydroxyl groups is 1. The molecule has 5 rings (SSSR count). The second kappa shape index (κ2) is 12.3. The summed E-state index contributed by atoms with van der Waals surface area (Å²) in [5.74, 6) is -3.47. The number of halogens is 4. The molecule has 0 unspecified atom stereocenters. The molecule has 0 saturated carbocycles. The van der Waals surface area contributed by atoms with Crippen molar-refractivity contribution >= 4 is 0 Å². The van der Waals surface area contributed by atoms with E-state index in [4.69, 9.17) is 4.74 Å². The summed E-state index contributed by atoms with van der Waals surface area (Å²) in [6.45, 7) is 8.22. The van der Waals surface area contributed by atoms with E-state index in [1.165, 1.54) is 47.7 Å². The lowest BCUT2D eigenvalue weighted by molar-refractivity contribution is -0.212. The molecular formula is C30H33F4N7O2. The van der Waals surface area contributed by atoms with Crippen molar-refractivity contribution in [3.63, 3.8) is 0 Å². The third-order valence-electron chi connectivity index (χ3n) is 8.30. The molecule has 2 aromatic carbocycles. The highest BCUT2D eigenvalue weighted by Crippen LogP contribution is 2.42. The molecule has 4 aromatic rings. The number of ether oxygens (including phenoxy) is 1. The zero-order valence-electron chi connectivity index (χ0n) is 23.9. The van der Waals surface area contributed by atoms with Crippen molar-refractivity contribution in [1.82, 2.24) is 34.4 Å². The number of hydrogen-bond acceptors (Lipinski definition) is 7. The van der Waals surface area contributed by atoms with Gasteiger partial charge in [-0.1, -0.05) is 24.3 Å². The molecule has 1 saturated heterocycles. The van der Waals surface area contributed by atoms with Crippen LogP contribution in [0.1, 0.15) is 37.8 Å². The zero-order valence-corrected chi connectivity index (χ0v) is 23.9. The molecule has 1 aliphatic rings. The van der Waals surface area contributed by atoms with Crippen LogP contribution in [0.25, 0.3) is 0 Å². The van der Waals surface area contributed by atoms with Crippen LogP contribution in [0.2, 0.25) is 0 Å². The third kappa shape index (κ3) is 6.24. The smallest absolute Gasteiger partial charge is 0.138 e. The van der Waals surface area contributed by atoms with E-state index in [2.05, 4.69) is 31.6 Å². The Morgan fingerprint density at radius 2 is 1.40 bits per heavy atom. The Bertz CT molecular complexity index is 1540. The molecule has 0 aliphatic carbocycles. The first-order chi connectivity index (χ1) is 20.5. The number of piperidine rings is 1. The Kier molecular flexibility index (Phi) is 8.76. The highest BCUT2D eigenvalue weighted by atomic mass is 19.1. The molecule has 0 amide bonds. The molecule has 13 heteroatoms. The lowest BCUT2D eigenvalue weighted by Gasteiger charge is -2.49. The van der Waals surface area contributed by atoms with E-state index in [1.807, 2.05) is 6.92 Å². The normalized spacial score (nSPS) is 18.6. The summed E-state index contributed by atoms with van der Waals surface area (Å²) in [6, 6.07) is 5.46. The number of nitrogens with zero attached hydrogens (tertiary/aromatic N) is 7. The van der Waals surface area contributed by atoms with Crippen LogP contribution in [0.15, 0.2) is 73.9 Å². The van der Waals surface area contributed by atoms with Crippen molar-refractivity contribution in [2.24, 2.45) is 0 Å². The van der Waals surface area contributed by atoms with Crippen molar-refractivity contribution in [3.05, 3.63) is 108 Å². The summed E-state index contributed by atoms with van der Waals surface area (Å²) in [4.78, 5) is 10.0. The maximum absolute atomic E-state index is 15.9. The predicted octanol–water partition coefficient (Wildman–Crippen LogP) is 4.36. The van der Waals surface area contributed by atoms with Crippen molar-refractivity contribution in [1.29, 1.82) is 0 Å². The largest absolute Gasteiger partial charge is 0.380 e. The van der Waals surface area contributed by atoms with Crippen LogP contribution in [0.4, 0.5) is 17.6 Å². The fraction of sp³-hybridized carbons (Fsp3) is 0.400. The van der Waals surface area contributed by atoms with Gasteiger partial charge in [0.05, 0.1) is 19.2 Å². The Labute approximate surface area is 246 Å². The lowest BCUT2D eigenvalue weighted by atomic mass is 9.82. The summed E-state index contributed by atoms with van der Waals surface area (Å²) in [5.41, 5.74) is -2.95. The lowest BCUT2D eigenvalue weighted by Crippen LogP contribution is -2.58. The van der Waals surface area contributed by atoms with Gasteiger partial charge in [0.25, 0.3) is 0 Å². The Hall–Kier alpha value is -3.94. The second-order valence-electron chi connectivity index (χ2n) is 11.0. The van der Waals surface area contributed by atoms with E-state index in [-0.39, 0.29) is 24.2 Å². The van der Waals surface area contributed by atoms with Gasteiger partial charge in [0.15, 0.2) is 0 Å². The van der Waals surface area contributed by atoms with Crippen molar-refractivity contribution < 1.29 is 27.4 Å². The highest BCUT2D eigenvalue weighted by molar-refractivity contribution is 5.30. The monoisotopic (exact) mass is 599 g/mol. The second-order valence-corrected chi connectivity index (χ2v) is 11.0. The number of likely N-dealkylation sites (tertiary alicyclic amines) is 1. The first kappa shape index (κ1) is 30.5. The van der Waals surface area contributed by atoms with Crippen LogP contribution < -0.4 is 0 Å². The van der Waals surface area contributed by atoms with E-state index in [0.29, 0.717) is 32.0 Å². The Morgan fingerprint density at radius 3 is 1.91 bits per heavy atom. The number of aromatic nitrogens is 6. The predicted molar refractivity (Wildman–Crippen MR) is 148 cm³/mol. The molecule has 0 spiro atoms. The minimum absolute atomic E-state index is 0.0100. The van der Waals surface area contributed by atoms with Gasteiger partial charge in [-0.15, -0.1) is 0 Å². The molecule has 2 aromatic heterocycles. The molecule has 0 radical (unpaired) electrons. The summed E-state index contributed by atoms with van der Waals surface area (Å²) < 4.78 is 69.0. The van der Waals surface area contributed by atoms with E-state index in [0.717, 1.165) is 29.8 Å². The molecule has 1 N–H and O–H groups in total. The molecule has 4 atom stereocenters. The first-order valence-corrected chi connectivity index (χ1v) is 13.9. The van der Waals surface area contributed by atoms with Gasteiger partial charge in [0.1, 0.15) is 59.8 Å². The van der Waals surface area contributed by atoms with Crippen LogP contribution in [-0.4, -0.2) is 64.8 Å². The van der Waals surface area contributed by atoms with Crippen LogP contribution in [0.5, 0.6) is 0 Å². The first-order valence-electron chi connectivity index (χ1n) is 13.9. The Balaban J connectivity index is 1.67. The van der Waals surface area contributed by atoms with Gasteiger partial charge < -0.3 is 9.84 Å². The summed E-state index contributed by atoms with van der Waals surface area (Å²) >= 11 is 0. The average Bonchev–Trinajstić information content (AvgIpc) is 3.67.